The van der Waals surface area contributed by atoms with E-state index in [2.05, 4.69) is 25.3 Å². The molecule has 4 heterocycles. The molecule has 0 amide bonds. The summed E-state index contributed by atoms with van der Waals surface area (Å²) in [6, 6.07) is 9.37. The summed E-state index contributed by atoms with van der Waals surface area (Å²) in [6.07, 6.45) is 5.79. The van der Waals surface area contributed by atoms with Gasteiger partial charge in [0.25, 0.3) is 0 Å². The monoisotopic (exact) mass is 461 g/mol. The molecule has 1 unspecified atom stereocenters. The molecular formula is C26H28FN5O2. The first-order valence-corrected chi connectivity index (χ1v) is 11.5. The van der Waals surface area contributed by atoms with Crippen molar-refractivity contribution in [2.75, 3.05) is 32.1 Å². The van der Waals surface area contributed by atoms with Crippen LogP contribution in [0.1, 0.15) is 24.0 Å². The maximum absolute atomic E-state index is 15.0. The van der Waals surface area contributed by atoms with Crippen LogP contribution in [0.25, 0.3) is 33.5 Å². The normalized spacial score (nSPS) is 16.4. The van der Waals surface area contributed by atoms with Crippen LogP contribution in [0.15, 0.2) is 47.2 Å². The van der Waals surface area contributed by atoms with Gasteiger partial charge >= 0.3 is 0 Å². The third-order valence-corrected chi connectivity index (χ3v) is 6.40. The van der Waals surface area contributed by atoms with Crippen molar-refractivity contribution in [2.45, 2.75) is 32.4 Å². The third kappa shape index (κ3) is 4.26. The second-order valence-electron chi connectivity index (χ2n) is 8.75. The molecule has 0 aliphatic carbocycles. The lowest BCUT2D eigenvalue weighted by Crippen LogP contribution is -2.39. The van der Waals surface area contributed by atoms with Crippen LogP contribution in [0.3, 0.4) is 0 Å². The topological polar surface area (TPSA) is 76.3 Å². The van der Waals surface area contributed by atoms with E-state index in [1.165, 1.54) is 0 Å². The lowest BCUT2D eigenvalue weighted by molar-refractivity contribution is 0.0891. The minimum absolute atomic E-state index is 0.233. The molecule has 0 radical (unpaired) electrons. The Morgan fingerprint density at radius 2 is 2.09 bits per heavy atom. The van der Waals surface area contributed by atoms with Crippen LogP contribution in [0.4, 0.5) is 10.2 Å². The SMILES string of the molecule is CNCc1cc(C)c(-c2cc3c(-c4ccc(N5CCCC(OC)C5)nc4)noc3cn2)c(F)c1. The standard InChI is InChI=1S/C26H28FN5O2/c1-16-9-17(12-28-2)10-21(27)25(16)22-11-20-23(14-29-22)34-31-26(20)18-6-7-24(30-13-18)32-8-4-5-19(15-32)33-3/h6-7,9-11,13-14,19,28H,4-5,8,12,15H2,1-3H3. The first-order valence-electron chi connectivity index (χ1n) is 11.5. The number of methoxy groups -OCH3 is 1. The number of hydrogen-bond acceptors (Lipinski definition) is 7. The van der Waals surface area contributed by atoms with Crippen molar-refractivity contribution in [3.05, 3.63) is 59.7 Å². The van der Waals surface area contributed by atoms with E-state index in [1.54, 1.807) is 19.4 Å². The Morgan fingerprint density at radius 3 is 2.82 bits per heavy atom. The van der Waals surface area contributed by atoms with Crippen LogP contribution >= 0.6 is 0 Å². The maximum Gasteiger partial charge on any atom is 0.185 e. The lowest BCUT2D eigenvalue weighted by atomic mass is 9.99. The number of benzene rings is 1. The summed E-state index contributed by atoms with van der Waals surface area (Å²) in [5, 5.41) is 8.09. The van der Waals surface area contributed by atoms with Gasteiger partial charge in [-0.1, -0.05) is 11.2 Å². The number of piperidine rings is 1. The average molecular weight is 462 g/mol. The number of aryl methyl sites for hydroxylation is 1. The molecule has 3 aromatic heterocycles. The van der Waals surface area contributed by atoms with Gasteiger partial charge in [-0.3, -0.25) is 4.98 Å². The fourth-order valence-corrected chi connectivity index (χ4v) is 4.69. The lowest BCUT2D eigenvalue weighted by Gasteiger charge is -2.32. The van der Waals surface area contributed by atoms with Crippen molar-refractivity contribution in [3.8, 4) is 22.5 Å². The number of halogens is 1. The van der Waals surface area contributed by atoms with Gasteiger partial charge < -0.3 is 19.5 Å². The number of anilines is 1. The van der Waals surface area contributed by atoms with E-state index in [-0.39, 0.29) is 11.9 Å². The fourth-order valence-electron chi connectivity index (χ4n) is 4.69. The van der Waals surface area contributed by atoms with Gasteiger partial charge in [-0.2, -0.15) is 0 Å². The maximum atomic E-state index is 15.0. The molecule has 1 aromatic carbocycles. The van der Waals surface area contributed by atoms with Crippen molar-refractivity contribution in [1.82, 2.24) is 20.4 Å². The van der Waals surface area contributed by atoms with Crippen molar-refractivity contribution in [2.24, 2.45) is 0 Å². The molecule has 0 bridgehead atoms. The van der Waals surface area contributed by atoms with Gasteiger partial charge in [-0.15, -0.1) is 0 Å². The number of aromatic nitrogens is 3. The minimum atomic E-state index is -0.294. The van der Waals surface area contributed by atoms with Crippen molar-refractivity contribution in [3.63, 3.8) is 0 Å². The van der Waals surface area contributed by atoms with E-state index >= 15 is 4.39 Å². The molecule has 1 aliphatic heterocycles. The molecule has 176 valence electrons. The zero-order chi connectivity index (χ0) is 23.7. The Morgan fingerprint density at radius 1 is 1.21 bits per heavy atom. The summed E-state index contributed by atoms with van der Waals surface area (Å²) < 4.78 is 26.1. The highest BCUT2D eigenvalue weighted by Gasteiger charge is 2.21. The Labute approximate surface area is 197 Å². The quantitative estimate of drug-likeness (QED) is 0.445. The minimum Gasteiger partial charge on any atom is -0.380 e. The molecule has 7 nitrogen and oxygen atoms in total. The van der Waals surface area contributed by atoms with Crippen molar-refractivity contribution < 1.29 is 13.7 Å². The highest BCUT2D eigenvalue weighted by molar-refractivity contribution is 5.93. The number of ether oxygens (including phenoxy) is 1. The first kappa shape index (κ1) is 22.4. The highest BCUT2D eigenvalue weighted by atomic mass is 19.1. The third-order valence-electron chi connectivity index (χ3n) is 6.40. The van der Waals surface area contributed by atoms with E-state index in [1.807, 2.05) is 44.4 Å². The Balaban J connectivity index is 1.47. The zero-order valence-corrected chi connectivity index (χ0v) is 19.6. The van der Waals surface area contributed by atoms with Gasteiger partial charge in [0, 0.05) is 44.1 Å². The summed E-state index contributed by atoms with van der Waals surface area (Å²) in [4.78, 5) is 11.4. The molecule has 34 heavy (non-hydrogen) atoms. The molecule has 5 rings (SSSR count). The molecular weight excluding hydrogens is 433 g/mol. The van der Waals surface area contributed by atoms with Crippen LogP contribution in [-0.4, -0.2) is 48.5 Å². The average Bonchev–Trinajstić information content (AvgIpc) is 3.27. The summed E-state index contributed by atoms with van der Waals surface area (Å²) in [5.41, 5.74) is 4.80. The molecule has 4 aromatic rings. The molecule has 8 heteroatoms. The summed E-state index contributed by atoms with van der Waals surface area (Å²) in [6.45, 7) is 4.30. The Kier molecular flexibility index (Phi) is 6.26. The molecule has 0 spiro atoms. The van der Waals surface area contributed by atoms with Gasteiger partial charge in [-0.05, 0) is 62.2 Å². The molecule has 1 N–H and O–H groups in total. The Hall–Kier alpha value is -3.36. The van der Waals surface area contributed by atoms with Crippen LogP contribution in [0.5, 0.6) is 0 Å². The van der Waals surface area contributed by atoms with E-state index in [4.69, 9.17) is 9.26 Å². The Bertz CT molecular complexity index is 1280. The van der Waals surface area contributed by atoms with E-state index in [0.29, 0.717) is 29.1 Å². The second kappa shape index (κ2) is 9.48. The van der Waals surface area contributed by atoms with Gasteiger partial charge in [0.15, 0.2) is 5.58 Å². The number of pyridine rings is 2. The number of rotatable bonds is 6. The number of nitrogens with zero attached hydrogens (tertiary/aromatic N) is 4. The number of fused-ring (bicyclic) bond motifs is 1. The van der Waals surface area contributed by atoms with Crippen molar-refractivity contribution in [1.29, 1.82) is 0 Å². The van der Waals surface area contributed by atoms with Crippen LogP contribution < -0.4 is 10.2 Å². The van der Waals surface area contributed by atoms with E-state index in [0.717, 1.165) is 53.8 Å². The van der Waals surface area contributed by atoms with Gasteiger partial charge in [-0.25, -0.2) is 9.37 Å². The largest absolute Gasteiger partial charge is 0.380 e. The molecule has 1 saturated heterocycles. The van der Waals surface area contributed by atoms with Crippen molar-refractivity contribution >= 4 is 16.8 Å². The molecule has 1 fully saturated rings. The number of nitrogens with one attached hydrogen (secondary N) is 1. The van der Waals surface area contributed by atoms with Crippen LogP contribution in [-0.2, 0) is 11.3 Å². The molecule has 1 atom stereocenters. The van der Waals surface area contributed by atoms with Gasteiger partial charge in [0.1, 0.15) is 17.3 Å². The molecule has 0 saturated carbocycles. The highest BCUT2D eigenvalue weighted by Crippen LogP contribution is 2.33. The summed E-state index contributed by atoms with van der Waals surface area (Å²) >= 11 is 0. The summed E-state index contributed by atoms with van der Waals surface area (Å²) in [5.74, 6) is 0.622. The van der Waals surface area contributed by atoms with Gasteiger partial charge in [0.2, 0.25) is 0 Å². The smallest absolute Gasteiger partial charge is 0.185 e. The van der Waals surface area contributed by atoms with E-state index in [9.17, 15) is 0 Å². The summed E-state index contributed by atoms with van der Waals surface area (Å²) in [7, 11) is 3.60. The van der Waals surface area contributed by atoms with Crippen LogP contribution in [0.2, 0.25) is 0 Å². The van der Waals surface area contributed by atoms with E-state index < -0.39 is 0 Å². The number of hydrogen-bond donors (Lipinski definition) is 1. The predicted octanol–water partition coefficient (Wildman–Crippen LogP) is 4.73. The molecule has 1 aliphatic rings. The first-order chi connectivity index (χ1) is 16.6. The fraction of sp³-hybridized carbons (Fsp3) is 0.346. The van der Waals surface area contributed by atoms with Crippen LogP contribution in [0, 0.1) is 12.7 Å². The second-order valence-corrected chi connectivity index (χ2v) is 8.75. The zero-order valence-electron chi connectivity index (χ0n) is 19.6. The van der Waals surface area contributed by atoms with Gasteiger partial charge in [0.05, 0.1) is 23.4 Å². The predicted molar refractivity (Wildman–Crippen MR) is 130 cm³/mol.